The van der Waals surface area contributed by atoms with Crippen LogP contribution in [0.5, 0.6) is 0 Å². The van der Waals surface area contributed by atoms with Crippen LogP contribution in [0.3, 0.4) is 0 Å². The first kappa shape index (κ1) is 18.0. The third-order valence-corrected chi connectivity index (χ3v) is 5.96. The Morgan fingerprint density at radius 1 is 1.36 bits per heavy atom. The zero-order valence-electron chi connectivity index (χ0n) is 14.3. The summed E-state index contributed by atoms with van der Waals surface area (Å²) in [6.07, 6.45) is 0. The van der Waals surface area contributed by atoms with Crippen molar-refractivity contribution < 1.29 is 17.7 Å². The predicted octanol–water partition coefficient (Wildman–Crippen LogP) is 0.733. The summed E-state index contributed by atoms with van der Waals surface area (Å²) in [6.45, 7) is 2.80. The van der Waals surface area contributed by atoms with E-state index in [9.17, 15) is 8.42 Å². The highest BCUT2D eigenvalue weighted by Crippen LogP contribution is 2.24. The van der Waals surface area contributed by atoms with Gasteiger partial charge < -0.3 is 14.6 Å². The summed E-state index contributed by atoms with van der Waals surface area (Å²) >= 11 is 0. The van der Waals surface area contributed by atoms with Crippen molar-refractivity contribution in [2.45, 2.75) is 10.9 Å². The number of likely N-dealkylation sites (N-methyl/N-ethyl adjacent to an activating group) is 1. The van der Waals surface area contributed by atoms with Gasteiger partial charge in [0.05, 0.1) is 23.3 Å². The van der Waals surface area contributed by atoms with Crippen molar-refractivity contribution in [2.24, 2.45) is 0 Å². The molecule has 1 atom stereocenters. The van der Waals surface area contributed by atoms with Crippen LogP contribution in [0.1, 0.15) is 11.9 Å². The molecule has 8 nitrogen and oxygen atoms in total. The molecule has 1 fully saturated rings. The fourth-order valence-electron chi connectivity index (χ4n) is 2.70. The average Bonchev–Trinajstić information content (AvgIpc) is 3.10. The lowest BCUT2D eigenvalue weighted by Crippen LogP contribution is -2.44. The van der Waals surface area contributed by atoms with Crippen molar-refractivity contribution in [3.05, 3.63) is 30.1 Å². The van der Waals surface area contributed by atoms with Crippen LogP contribution in [-0.4, -0.2) is 69.6 Å². The van der Waals surface area contributed by atoms with E-state index in [0.717, 1.165) is 19.6 Å². The van der Waals surface area contributed by atoms with Crippen LogP contribution in [0.25, 0.3) is 11.5 Å². The van der Waals surface area contributed by atoms with E-state index in [-0.39, 0.29) is 23.3 Å². The van der Waals surface area contributed by atoms with Gasteiger partial charge in [-0.25, -0.2) is 8.42 Å². The number of hydrogen-bond acceptors (Lipinski definition) is 8. The number of rotatable bonds is 6. The molecule has 1 aliphatic heterocycles. The maximum absolute atomic E-state index is 12.1. The third kappa shape index (κ3) is 4.06. The minimum Gasteiger partial charge on any atom is -0.384 e. The number of sulfone groups is 1. The first-order valence-electron chi connectivity index (χ1n) is 8.08. The molecule has 1 saturated heterocycles. The van der Waals surface area contributed by atoms with Crippen molar-refractivity contribution in [1.82, 2.24) is 20.4 Å². The van der Waals surface area contributed by atoms with E-state index in [1.165, 1.54) is 7.11 Å². The second kappa shape index (κ2) is 7.61. The van der Waals surface area contributed by atoms with Gasteiger partial charge in [-0.1, -0.05) is 5.16 Å². The minimum absolute atomic E-state index is 0.0471. The van der Waals surface area contributed by atoms with Crippen LogP contribution < -0.4 is 5.32 Å². The van der Waals surface area contributed by atoms with Crippen LogP contribution in [-0.2, 0) is 14.6 Å². The molecule has 2 heterocycles. The summed E-state index contributed by atoms with van der Waals surface area (Å²) in [7, 11) is 0.159. The lowest BCUT2D eigenvalue weighted by Gasteiger charge is -2.30. The topological polar surface area (TPSA) is 97.6 Å². The van der Waals surface area contributed by atoms with Crippen molar-refractivity contribution in [2.75, 3.05) is 46.2 Å². The largest absolute Gasteiger partial charge is 0.384 e. The average molecular weight is 366 g/mol. The van der Waals surface area contributed by atoms with Crippen LogP contribution in [0, 0.1) is 0 Å². The molecule has 136 valence electrons. The molecule has 0 bridgehead atoms. The SMILES string of the molecule is COCCS(=O)(=O)c1ccc(-c2nc(C3CNCCN3C)no2)cc1. The number of hydrogen-bond donors (Lipinski definition) is 1. The Morgan fingerprint density at radius 3 is 2.80 bits per heavy atom. The van der Waals surface area contributed by atoms with E-state index in [0.29, 0.717) is 17.3 Å². The molecule has 3 rings (SSSR count). The maximum atomic E-state index is 12.1. The molecule has 1 unspecified atom stereocenters. The molecule has 1 aromatic heterocycles. The number of piperazine rings is 1. The standard InChI is InChI=1S/C16H22N4O4S/c1-20-8-7-17-11-14(20)15-18-16(24-19-15)12-3-5-13(6-4-12)25(21,22)10-9-23-2/h3-6,14,17H,7-11H2,1-2H3. The van der Waals surface area contributed by atoms with Crippen molar-refractivity contribution in [1.29, 1.82) is 0 Å². The van der Waals surface area contributed by atoms with Gasteiger partial charge in [0.2, 0.25) is 0 Å². The molecule has 0 radical (unpaired) electrons. The van der Waals surface area contributed by atoms with Gasteiger partial charge in [0.1, 0.15) is 0 Å². The van der Waals surface area contributed by atoms with E-state index < -0.39 is 9.84 Å². The molecular weight excluding hydrogens is 344 g/mol. The molecular formula is C16H22N4O4S. The molecule has 25 heavy (non-hydrogen) atoms. The zero-order chi connectivity index (χ0) is 17.9. The van der Waals surface area contributed by atoms with E-state index in [1.54, 1.807) is 24.3 Å². The van der Waals surface area contributed by atoms with Gasteiger partial charge in [0, 0.05) is 32.3 Å². The normalized spacial score (nSPS) is 19.2. The Bertz CT molecular complexity index is 804. The molecule has 1 N–H and O–H groups in total. The smallest absolute Gasteiger partial charge is 0.257 e. The number of methoxy groups -OCH3 is 1. The lowest BCUT2D eigenvalue weighted by atomic mass is 10.2. The number of nitrogens with zero attached hydrogens (tertiary/aromatic N) is 3. The maximum Gasteiger partial charge on any atom is 0.257 e. The van der Waals surface area contributed by atoms with Crippen LogP contribution in [0.15, 0.2) is 33.7 Å². The first-order chi connectivity index (χ1) is 12.0. The van der Waals surface area contributed by atoms with Gasteiger partial charge in [0.15, 0.2) is 15.7 Å². The summed E-state index contributed by atoms with van der Waals surface area (Å²) in [4.78, 5) is 6.90. The molecule has 0 spiro atoms. The van der Waals surface area contributed by atoms with Crippen molar-refractivity contribution >= 4 is 9.84 Å². The van der Waals surface area contributed by atoms with Gasteiger partial charge in [-0.2, -0.15) is 4.98 Å². The summed E-state index contributed by atoms with van der Waals surface area (Å²) in [5.74, 6) is 0.963. The highest BCUT2D eigenvalue weighted by Gasteiger charge is 2.25. The summed E-state index contributed by atoms with van der Waals surface area (Å²) < 4.78 is 34.5. The summed E-state index contributed by atoms with van der Waals surface area (Å²) in [5.41, 5.74) is 0.691. The number of benzene rings is 1. The Labute approximate surface area is 147 Å². The minimum atomic E-state index is -3.35. The number of nitrogens with one attached hydrogen (secondary N) is 1. The van der Waals surface area contributed by atoms with Gasteiger partial charge in [0.25, 0.3) is 5.89 Å². The van der Waals surface area contributed by atoms with Crippen molar-refractivity contribution in [3.63, 3.8) is 0 Å². The second-order valence-corrected chi connectivity index (χ2v) is 8.10. The first-order valence-corrected chi connectivity index (χ1v) is 9.73. The Hall–Kier alpha value is -1.81. The highest BCUT2D eigenvalue weighted by atomic mass is 32.2. The fraction of sp³-hybridized carbons (Fsp3) is 0.500. The van der Waals surface area contributed by atoms with E-state index in [4.69, 9.17) is 9.26 Å². The number of ether oxygens (including phenoxy) is 1. The molecule has 1 aromatic carbocycles. The van der Waals surface area contributed by atoms with E-state index in [2.05, 4.69) is 20.4 Å². The molecule has 2 aromatic rings. The fourth-order valence-corrected chi connectivity index (χ4v) is 3.87. The lowest BCUT2D eigenvalue weighted by molar-refractivity contribution is 0.190. The quantitative estimate of drug-likeness (QED) is 0.799. The predicted molar refractivity (Wildman–Crippen MR) is 91.9 cm³/mol. The van der Waals surface area contributed by atoms with Crippen LogP contribution in [0.2, 0.25) is 0 Å². The molecule has 0 amide bonds. The van der Waals surface area contributed by atoms with Crippen LogP contribution >= 0.6 is 0 Å². The molecule has 0 saturated carbocycles. The molecule has 0 aliphatic carbocycles. The van der Waals surface area contributed by atoms with Gasteiger partial charge in [-0.15, -0.1) is 0 Å². The van der Waals surface area contributed by atoms with E-state index >= 15 is 0 Å². The van der Waals surface area contributed by atoms with Crippen molar-refractivity contribution in [3.8, 4) is 11.5 Å². The van der Waals surface area contributed by atoms with Gasteiger partial charge in [-0.3, -0.25) is 4.90 Å². The Morgan fingerprint density at radius 2 is 2.12 bits per heavy atom. The Balaban J connectivity index is 1.77. The monoisotopic (exact) mass is 366 g/mol. The zero-order valence-corrected chi connectivity index (χ0v) is 15.1. The second-order valence-electron chi connectivity index (χ2n) is 5.99. The Kier molecular flexibility index (Phi) is 5.48. The third-order valence-electron chi connectivity index (χ3n) is 4.27. The molecule has 9 heteroatoms. The number of aromatic nitrogens is 2. The van der Waals surface area contributed by atoms with Gasteiger partial charge in [-0.05, 0) is 31.3 Å². The summed E-state index contributed by atoms with van der Waals surface area (Å²) in [6, 6.07) is 6.54. The van der Waals surface area contributed by atoms with Gasteiger partial charge >= 0.3 is 0 Å². The molecule has 1 aliphatic rings. The van der Waals surface area contributed by atoms with Crippen LogP contribution in [0.4, 0.5) is 0 Å². The summed E-state index contributed by atoms with van der Waals surface area (Å²) in [5, 5.41) is 7.39. The van der Waals surface area contributed by atoms with E-state index in [1.807, 2.05) is 7.05 Å². The highest BCUT2D eigenvalue weighted by molar-refractivity contribution is 7.91.